The van der Waals surface area contributed by atoms with Gasteiger partial charge in [0.15, 0.2) is 0 Å². The van der Waals surface area contributed by atoms with Crippen LogP contribution < -0.4 is 11.1 Å². The fraction of sp³-hybridized carbons (Fsp3) is 0.727. The van der Waals surface area contributed by atoms with E-state index in [9.17, 15) is 4.79 Å². The topological polar surface area (TPSA) is 55.1 Å². The van der Waals surface area contributed by atoms with Gasteiger partial charge in [-0.2, -0.15) is 0 Å². The van der Waals surface area contributed by atoms with E-state index in [1.807, 2.05) is 0 Å². The molecule has 1 rings (SSSR count). The maximum atomic E-state index is 11.7. The first kappa shape index (κ1) is 11.1. The number of carbonyl (C=O) groups excluding carboxylic acids is 1. The first-order chi connectivity index (χ1) is 6.69. The zero-order valence-corrected chi connectivity index (χ0v) is 8.73. The Kier molecular flexibility index (Phi) is 3.97. The Morgan fingerprint density at radius 2 is 2.07 bits per heavy atom. The normalized spacial score (nSPS) is 19.3. The van der Waals surface area contributed by atoms with E-state index in [4.69, 9.17) is 5.73 Å². The number of carbonyl (C=O) groups is 1. The Morgan fingerprint density at radius 1 is 1.43 bits per heavy atom. The summed E-state index contributed by atoms with van der Waals surface area (Å²) < 4.78 is 0. The number of hydrogen-bond acceptors (Lipinski definition) is 2. The lowest BCUT2D eigenvalue weighted by molar-refractivity contribution is -0.127. The molecule has 0 atom stereocenters. The zero-order chi connectivity index (χ0) is 10.4. The van der Waals surface area contributed by atoms with Crippen LogP contribution in [0.4, 0.5) is 0 Å². The van der Waals surface area contributed by atoms with E-state index in [0.717, 1.165) is 25.7 Å². The molecule has 78 valence electrons. The molecule has 0 aromatic carbocycles. The molecule has 0 unspecified atom stereocenters. The van der Waals surface area contributed by atoms with E-state index < -0.39 is 5.54 Å². The molecule has 3 N–H and O–H groups in total. The van der Waals surface area contributed by atoms with Crippen LogP contribution in [-0.4, -0.2) is 18.0 Å². The Labute approximate surface area is 85.4 Å². The molecule has 0 aliphatic heterocycles. The fourth-order valence-electron chi connectivity index (χ4n) is 1.80. The third-order valence-electron chi connectivity index (χ3n) is 2.71. The van der Waals surface area contributed by atoms with Gasteiger partial charge in [0.1, 0.15) is 0 Å². The van der Waals surface area contributed by atoms with Crippen molar-refractivity contribution in [3.63, 3.8) is 0 Å². The van der Waals surface area contributed by atoms with Gasteiger partial charge in [-0.05, 0) is 19.8 Å². The van der Waals surface area contributed by atoms with E-state index >= 15 is 0 Å². The molecular formula is C11H18N2O. The Morgan fingerprint density at radius 3 is 2.64 bits per heavy atom. The zero-order valence-electron chi connectivity index (χ0n) is 8.73. The van der Waals surface area contributed by atoms with Crippen LogP contribution in [0.2, 0.25) is 0 Å². The minimum absolute atomic E-state index is 0.0417. The van der Waals surface area contributed by atoms with Crippen molar-refractivity contribution in [3.8, 4) is 11.8 Å². The second-order valence-electron chi connectivity index (χ2n) is 3.83. The lowest BCUT2D eigenvalue weighted by atomic mass is 9.82. The molecule has 3 nitrogen and oxygen atoms in total. The van der Waals surface area contributed by atoms with Crippen molar-refractivity contribution in [1.29, 1.82) is 0 Å². The Bertz CT molecular complexity index is 256. The predicted molar refractivity (Wildman–Crippen MR) is 56.5 cm³/mol. The van der Waals surface area contributed by atoms with E-state index in [0.29, 0.717) is 6.54 Å². The molecule has 1 aliphatic carbocycles. The van der Waals surface area contributed by atoms with Gasteiger partial charge in [-0.3, -0.25) is 4.79 Å². The fourth-order valence-corrected chi connectivity index (χ4v) is 1.80. The van der Waals surface area contributed by atoms with E-state index in [1.165, 1.54) is 6.42 Å². The summed E-state index contributed by atoms with van der Waals surface area (Å²) in [4.78, 5) is 11.7. The highest BCUT2D eigenvalue weighted by Gasteiger charge is 2.34. The average molecular weight is 194 g/mol. The Balaban J connectivity index is 2.43. The maximum absolute atomic E-state index is 11.7. The summed E-state index contributed by atoms with van der Waals surface area (Å²) in [6.45, 7) is 2.17. The van der Waals surface area contributed by atoms with Crippen LogP contribution in [0, 0.1) is 11.8 Å². The van der Waals surface area contributed by atoms with Gasteiger partial charge in [-0.25, -0.2) is 0 Å². The van der Waals surface area contributed by atoms with Crippen molar-refractivity contribution >= 4 is 5.91 Å². The van der Waals surface area contributed by atoms with Crippen LogP contribution in [0.1, 0.15) is 39.0 Å². The first-order valence-corrected chi connectivity index (χ1v) is 5.16. The van der Waals surface area contributed by atoms with Crippen LogP contribution in [0.15, 0.2) is 0 Å². The summed E-state index contributed by atoms with van der Waals surface area (Å²) in [5.74, 6) is 5.49. The molecule has 1 amide bonds. The summed E-state index contributed by atoms with van der Waals surface area (Å²) in [5, 5.41) is 2.76. The molecule has 0 aromatic heterocycles. The lowest BCUT2D eigenvalue weighted by Crippen LogP contribution is -2.55. The molecular weight excluding hydrogens is 176 g/mol. The smallest absolute Gasteiger partial charge is 0.240 e. The third-order valence-corrected chi connectivity index (χ3v) is 2.71. The summed E-state index contributed by atoms with van der Waals surface area (Å²) in [6.07, 6.45) is 4.92. The molecule has 0 spiro atoms. The van der Waals surface area contributed by atoms with Gasteiger partial charge in [0.05, 0.1) is 12.1 Å². The minimum Gasteiger partial charge on any atom is -0.344 e. The van der Waals surface area contributed by atoms with Gasteiger partial charge < -0.3 is 11.1 Å². The quantitative estimate of drug-likeness (QED) is 0.638. The van der Waals surface area contributed by atoms with Crippen molar-refractivity contribution in [3.05, 3.63) is 0 Å². The molecule has 1 fully saturated rings. The van der Waals surface area contributed by atoms with Gasteiger partial charge >= 0.3 is 0 Å². The van der Waals surface area contributed by atoms with Gasteiger partial charge in [0, 0.05) is 0 Å². The molecule has 0 bridgehead atoms. The molecule has 0 heterocycles. The van der Waals surface area contributed by atoms with Crippen LogP contribution >= 0.6 is 0 Å². The molecule has 0 radical (unpaired) electrons. The number of rotatable bonds is 2. The SMILES string of the molecule is CC#CCNC(=O)C1(N)CCCCC1. The lowest BCUT2D eigenvalue weighted by Gasteiger charge is -2.31. The second-order valence-corrected chi connectivity index (χ2v) is 3.83. The Hall–Kier alpha value is -1.01. The highest BCUT2D eigenvalue weighted by molar-refractivity contribution is 5.86. The average Bonchev–Trinajstić information content (AvgIpc) is 2.19. The van der Waals surface area contributed by atoms with Crippen molar-refractivity contribution in [2.24, 2.45) is 5.73 Å². The van der Waals surface area contributed by atoms with Gasteiger partial charge in [-0.15, -0.1) is 5.92 Å². The monoisotopic (exact) mass is 194 g/mol. The third kappa shape index (κ3) is 2.74. The second kappa shape index (κ2) is 5.02. The highest BCUT2D eigenvalue weighted by atomic mass is 16.2. The van der Waals surface area contributed by atoms with E-state index in [1.54, 1.807) is 6.92 Å². The van der Waals surface area contributed by atoms with Crippen LogP contribution in [0.5, 0.6) is 0 Å². The molecule has 1 saturated carbocycles. The summed E-state index contributed by atoms with van der Waals surface area (Å²) >= 11 is 0. The van der Waals surface area contributed by atoms with Gasteiger partial charge in [0.2, 0.25) is 5.91 Å². The van der Waals surface area contributed by atoms with Crippen molar-refractivity contribution in [2.45, 2.75) is 44.6 Å². The van der Waals surface area contributed by atoms with Crippen LogP contribution in [-0.2, 0) is 4.79 Å². The van der Waals surface area contributed by atoms with Crippen molar-refractivity contribution < 1.29 is 4.79 Å². The highest BCUT2D eigenvalue weighted by Crippen LogP contribution is 2.25. The summed E-state index contributed by atoms with van der Waals surface area (Å²) in [6, 6.07) is 0. The molecule has 14 heavy (non-hydrogen) atoms. The van der Waals surface area contributed by atoms with Crippen LogP contribution in [0.25, 0.3) is 0 Å². The molecule has 0 saturated heterocycles. The van der Waals surface area contributed by atoms with Gasteiger partial charge in [-0.1, -0.05) is 25.2 Å². The predicted octanol–water partition coefficient (Wildman–Crippen LogP) is 0.787. The maximum Gasteiger partial charge on any atom is 0.240 e. The number of nitrogens with two attached hydrogens (primary N) is 1. The van der Waals surface area contributed by atoms with Crippen LogP contribution in [0.3, 0.4) is 0 Å². The van der Waals surface area contributed by atoms with Crippen molar-refractivity contribution in [1.82, 2.24) is 5.32 Å². The number of hydrogen-bond donors (Lipinski definition) is 2. The summed E-state index contributed by atoms with van der Waals surface area (Å²) in [7, 11) is 0. The first-order valence-electron chi connectivity index (χ1n) is 5.16. The number of nitrogens with one attached hydrogen (secondary N) is 1. The van der Waals surface area contributed by atoms with E-state index in [-0.39, 0.29) is 5.91 Å². The standard InChI is InChI=1S/C11H18N2O/c1-2-3-9-13-10(14)11(12)7-5-4-6-8-11/h4-9,12H2,1H3,(H,13,14). The van der Waals surface area contributed by atoms with Gasteiger partial charge in [0.25, 0.3) is 0 Å². The van der Waals surface area contributed by atoms with Crippen molar-refractivity contribution in [2.75, 3.05) is 6.54 Å². The van der Waals surface area contributed by atoms with E-state index in [2.05, 4.69) is 17.2 Å². The molecule has 0 aromatic rings. The summed E-state index contributed by atoms with van der Waals surface area (Å²) in [5.41, 5.74) is 5.39. The largest absolute Gasteiger partial charge is 0.344 e. The molecule has 1 aliphatic rings. The number of amides is 1. The molecule has 3 heteroatoms. The minimum atomic E-state index is -0.631.